The number of amides is 1. The molecule has 0 aromatic carbocycles. The molecule has 2 N–H and O–H groups in total. The van der Waals surface area contributed by atoms with Crippen LogP contribution in [0.5, 0.6) is 0 Å². The molecule has 0 bridgehead atoms. The normalized spacial score (nSPS) is 11.6. The number of nitrogens with zero attached hydrogens (tertiary/aromatic N) is 1. The minimum absolute atomic E-state index is 0.279. The lowest BCUT2D eigenvalue weighted by atomic mass is 10.2. The number of hydrogen-bond acceptors (Lipinski definition) is 6. The predicted octanol–water partition coefficient (Wildman–Crippen LogP) is -0.111. The summed E-state index contributed by atoms with van der Waals surface area (Å²) in [4.78, 5) is 37.3. The molecule has 0 unspecified atom stereocenters. The summed E-state index contributed by atoms with van der Waals surface area (Å²) in [6.45, 7) is 0. The van der Waals surface area contributed by atoms with E-state index < -0.39 is 30.3 Å². The highest BCUT2D eigenvalue weighted by Crippen LogP contribution is 2.06. The van der Waals surface area contributed by atoms with E-state index in [1.807, 2.05) is 0 Å². The maximum Gasteiger partial charge on any atom is 0.326 e. The number of carbonyl (C=O) groups excluding carboxylic acids is 2. The van der Waals surface area contributed by atoms with E-state index in [2.05, 4.69) is 15.0 Å². The number of aliphatic carboxylic acids is 1. The van der Waals surface area contributed by atoms with E-state index >= 15 is 0 Å². The van der Waals surface area contributed by atoms with Gasteiger partial charge in [0.25, 0.3) is 5.91 Å². The number of aromatic nitrogens is 1. The second-order valence-corrected chi connectivity index (χ2v) is 3.90. The molecule has 17 heavy (non-hydrogen) atoms. The van der Waals surface area contributed by atoms with E-state index in [-0.39, 0.29) is 4.88 Å². The van der Waals surface area contributed by atoms with Gasteiger partial charge in [0.05, 0.1) is 25.2 Å². The first-order chi connectivity index (χ1) is 8.04. The van der Waals surface area contributed by atoms with Crippen molar-refractivity contribution in [3.8, 4) is 0 Å². The third-order valence-corrected chi connectivity index (χ3v) is 2.63. The number of carboxylic acid groups (broad SMARTS) is 1. The predicted molar refractivity (Wildman–Crippen MR) is 57.6 cm³/mol. The molecule has 0 radical (unpaired) electrons. The Morgan fingerprint density at radius 3 is 2.76 bits per heavy atom. The van der Waals surface area contributed by atoms with Gasteiger partial charge in [-0.25, -0.2) is 4.79 Å². The molecule has 1 aromatic rings. The Hall–Kier alpha value is -1.96. The third kappa shape index (κ3) is 3.83. The van der Waals surface area contributed by atoms with E-state index in [9.17, 15) is 14.4 Å². The summed E-state index contributed by atoms with van der Waals surface area (Å²) >= 11 is 1.08. The second-order valence-electron chi connectivity index (χ2n) is 3.01. The van der Waals surface area contributed by atoms with Gasteiger partial charge in [0.2, 0.25) is 0 Å². The van der Waals surface area contributed by atoms with Crippen molar-refractivity contribution in [1.29, 1.82) is 0 Å². The minimum Gasteiger partial charge on any atom is -0.480 e. The van der Waals surface area contributed by atoms with Crippen LogP contribution < -0.4 is 5.32 Å². The number of carboxylic acids is 1. The average Bonchev–Trinajstić information content (AvgIpc) is 2.81. The van der Waals surface area contributed by atoms with Gasteiger partial charge in [0.15, 0.2) is 0 Å². The Morgan fingerprint density at radius 2 is 2.29 bits per heavy atom. The quantitative estimate of drug-likeness (QED) is 0.714. The zero-order chi connectivity index (χ0) is 12.8. The van der Waals surface area contributed by atoms with Crippen molar-refractivity contribution < 1.29 is 24.2 Å². The van der Waals surface area contributed by atoms with Crippen molar-refractivity contribution in [3.63, 3.8) is 0 Å². The number of carbonyl (C=O) groups is 3. The molecule has 0 aliphatic heterocycles. The molecule has 1 amide bonds. The third-order valence-electron chi connectivity index (χ3n) is 1.86. The second kappa shape index (κ2) is 5.94. The highest BCUT2D eigenvalue weighted by atomic mass is 32.1. The molecule has 8 heteroatoms. The van der Waals surface area contributed by atoms with Gasteiger partial charge < -0.3 is 15.2 Å². The maximum atomic E-state index is 11.5. The van der Waals surface area contributed by atoms with E-state index in [4.69, 9.17) is 5.11 Å². The van der Waals surface area contributed by atoms with E-state index in [0.29, 0.717) is 0 Å². The number of esters is 1. The van der Waals surface area contributed by atoms with E-state index in [0.717, 1.165) is 18.4 Å². The zero-order valence-electron chi connectivity index (χ0n) is 8.87. The molecule has 1 aromatic heterocycles. The first kappa shape index (κ1) is 13.1. The summed E-state index contributed by atoms with van der Waals surface area (Å²) in [6.07, 6.45) is 0.896. The Balaban J connectivity index is 2.64. The lowest BCUT2D eigenvalue weighted by Crippen LogP contribution is -2.42. The van der Waals surface area contributed by atoms with Crippen molar-refractivity contribution in [1.82, 2.24) is 10.3 Å². The monoisotopic (exact) mass is 258 g/mol. The molecule has 0 saturated heterocycles. The highest BCUT2D eigenvalue weighted by molar-refractivity contribution is 7.11. The van der Waals surface area contributed by atoms with Crippen molar-refractivity contribution in [2.75, 3.05) is 7.11 Å². The zero-order valence-corrected chi connectivity index (χ0v) is 9.69. The summed E-state index contributed by atoms with van der Waals surface area (Å²) in [5.41, 5.74) is 1.45. The number of thiazole rings is 1. The Kier molecular flexibility index (Phi) is 4.58. The van der Waals surface area contributed by atoms with Crippen molar-refractivity contribution >= 4 is 29.2 Å². The Morgan fingerprint density at radius 1 is 1.59 bits per heavy atom. The van der Waals surface area contributed by atoms with Crippen LogP contribution in [-0.2, 0) is 14.3 Å². The molecule has 1 heterocycles. The minimum atomic E-state index is -1.31. The largest absolute Gasteiger partial charge is 0.480 e. The molecular formula is C9H10N2O5S. The maximum absolute atomic E-state index is 11.5. The molecule has 0 saturated carbocycles. The number of rotatable bonds is 5. The number of ether oxygens (including phenoxy) is 1. The van der Waals surface area contributed by atoms with E-state index in [1.165, 1.54) is 11.7 Å². The van der Waals surface area contributed by atoms with Crippen LogP contribution in [0.15, 0.2) is 11.7 Å². The van der Waals surface area contributed by atoms with Crippen LogP contribution in [0.4, 0.5) is 0 Å². The molecular weight excluding hydrogens is 248 g/mol. The molecule has 0 aliphatic carbocycles. The first-order valence-electron chi connectivity index (χ1n) is 4.53. The molecule has 1 rings (SSSR count). The summed E-state index contributed by atoms with van der Waals surface area (Å²) in [5.74, 6) is -2.58. The van der Waals surface area contributed by atoms with Crippen molar-refractivity contribution in [3.05, 3.63) is 16.6 Å². The molecule has 0 aliphatic rings. The van der Waals surface area contributed by atoms with Crippen molar-refractivity contribution in [2.45, 2.75) is 12.5 Å². The summed E-state index contributed by atoms with van der Waals surface area (Å²) in [6, 6.07) is -1.31. The topological polar surface area (TPSA) is 106 Å². The molecule has 1 atom stereocenters. The molecule has 0 spiro atoms. The SMILES string of the molecule is COC(=O)C[C@H](NC(=O)c1cncs1)C(=O)O. The number of methoxy groups -OCH3 is 1. The van der Waals surface area contributed by atoms with Crippen LogP contribution in [-0.4, -0.2) is 41.1 Å². The summed E-state index contributed by atoms with van der Waals surface area (Å²) in [7, 11) is 1.15. The summed E-state index contributed by atoms with van der Waals surface area (Å²) in [5, 5.41) is 11.0. The van der Waals surface area contributed by atoms with Gasteiger partial charge in [-0.05, 0) is 0 Å². The van der Waals surface area contributed by atoms with Gasteiger partial charge in [-0.2, -0.15) is 0 Å². The van der Waals surface area contributed by atoms with Gasteiger partial charge in [-0.15, -0.1) is 11.3 Å². The van der Waals surface area contributed by atoms with Gasteiger partial charge in [-0.3, -0.25) is 14.6 Å². The van der Waals surface area contributed by atoms with Gasteiger partial charge in [0, 0.05) is 0 Å². The van der Waals surface area contributed by atoms with Crippen LogP contribution >= 0.6 is 11.3 Å². The Bertz CT molecular complexity index is 417. The van der Waals surface area contributed by atoms with Crippen LogP contribution in [0.1, 0.15) is 16.1 Å². The van der Waals surface area contributed by atoms with E-state index in [1.54, 1.807) is 0 Å². The lowest BCUT2D eigenvalue weighted by molar-refractivity contribution is -0.147. The van der Waals surface area contributed by atoms with Gasteiger partial charge in [-0.1, -0.05) is 0 Å². The first-order valence-corrected chi connectivity index (χ1v) is 5.41. The molecule has 7 nitrogen and oxygen atoms in total. The molecule has 0 fully saturated rings. The Labute approximate surface area is 100 Å². The van der Waals surface area contributed by atoms with Crippen LogP contribution in [0.25, 0.3) is 0 Å². The summed E-state index contributed by atoms with van der Waals surface area (Å²) < 4.78 is 4.34. The fourth-order valence-corrected chi connectivity index (χ4v) is 1.53. The van der Waals surface area contributed by atoms with Crippen molar-refractivity contribution in [2.24, 2.45) is 0 Å². The smallest absolute Gasteiger partial charge is 0.326 e. The average molecular weight is 258 g/mol. The molecule has 92 valence electrons. The van der Waals surface area contributed by atoms with Gasteiger partial charge >= 0.3 is 11.9 Å². The number of nitrogens with one attached hydrogen (secondary N) is 1. The standard InChI is InChI=1S/C9H10N2O5S/c1-16-7(12)2-5(9(14)15)11-8(13)6-3-10-4-17-6/h3-5H,2H2,1H3,(H,11,13)(H,14,15)/t5-/m0/s1. The van der Waals surface area contributed by atoms with Crippen LogP contribution in [0.3, 0.4) is 0 Å². The van der Waals surface area contributed by atoms with Crippen LogP contribution in [0.2, 0.25) is 0 Å². The lowest BCUT2D eigenvalue weighted by Gasteiger charge is -2.12. The number of hydrogen-bond donors (Lipinski definition) is 2. The highest BCUT2D eigenvalue weighted by Gasteiger charge is 2.24. The van der Waals surface area contributed by atoms with Crippen LogP contribution in [0, 0.1) is 0 Å². The fourth-order valence-electron chi connectivity index (χ4n) is 1.01. The van der Waals surface area contributed by atoms with Gasteiger partial charge in [0.1, 0.15) is 10.9 Å². The fraction of sp³-hybridized carbons (Fsp3) is 0.333.